The molecule has 0 spiro atoms. The van der Waals surface area contributed by atoms with Crippen LogP contribution in [0.25, 0.3) is 11.5 Å². The fourth-order valence-corrected chi connectivity index (χ4v) is 2.63. The van der Waals surface area contributed by atoms with Crippen LogP contribution in [0.5, 0.6) is 5.75 Å². The van der Waals surface area contributed by atoms with E-state index < -0.39 is 6.10 Å². The van der Waals surface area contributed by atoms with E-state index in [1.807, 2.05) is 43.3 Å². The summed E-state index contributed by atoms with van der Waals surface area (Å²) in [7, 11) is 0. The Labute approximate surface area is 141 Å². The van der Waals surface area contributed by atoms with E-state index in [0.717, 1.165) is 10.0 Å². The van der Waals surface area contributed by atoms with Gasteiger partial charge in [0.25, 0.3) is 5.89 Å². The normalized spacial score (nSPS) is 12.1. The summed E-state index contributed by atoms with van der Waals surface area (Å²) in [4.78, 5) is 0. The van der Waals surface area contributed by atoms with Crippen LogP contribution in [0.2, 0.25) is 5.02 Å². The molecule has 3 rings (SSSR count). The van der Waals surface area contributed by atoms with E-state index in [1.54, 1.807) is 12.1 Å². The van der Waals surface area contributed by atoms with Gasteiger partial charge in [0.1, 0.15) is 5.75 Å². The molecule has 0 aliphatic rings. The van der Waals surface area contributed by atoms with Gasteiger partial charge in [0.05, 0.1) is 5.02 Å². The molecule has 1 aromatic heterocycles. The zero-order chi connectivity index (χ0) is 15.5. The van der Waals surface area contributed by atoms with Gasteiger partial charge in [-0.25, -0.2) is 0 Å². The summed E-state index contributed by atoms with van der Waals surface area (Å²) in [5, 5.41) is 8.61. The molecule has 0 aliphatic carbocycles. The molecule has 2 aromatic carbocycles. The van der Waals surface area contributed by atoms with E-state index in [2.05, 4.69) is 26.1 Å². The van der Waals surface area contributed by atoms with Crippen LogP contribution in [-0.4, -0.2) is 10.2 Å². The molecule has 0 fully saturated rings. The topological polar surface area (TPSA) is 48.2 Å². The van der Waals surface area contributed by atoms with Crippen molar-refractivity contribution in [2.75, 3.05) is 0 Å². The maximum Gasteiger partial charge on any atom is 0.257 e. The number of ether oxygens (including phenoxy) is 1. The number of nitrogens with zero attached hydrogens (tertiary/aromatic N) is 2. The van der Waals surface area contributed by atoms with Crippen molar-refractivity contribution >= 4 is 27.5 Å². The predicted octanol–water partition coefficient (Wildman–Crippen LogP) is 5.29. The van der Waals surface area contributed by atoms with Crippen LogP contribution in [0.4, 0.5) is 0 Å². The van der Waals surface area contributed by atoms with Crippen LogP contribution in [0.1, 0.15) is 18.9 Å². The highest BCUT2D eigenvalue weighted by Gasteiger charge is 2.17. The Bertz CT molecular complexity index is 777. The van der Waals surface area contributed by atoms with Gasteiger partial charge in [-0.3, -0.25) is 0 Å². The molecule has 1 heterocycles. The van der Waals surface area contributed by atoms with Gasteiger partial charge in [-0.1, -0.05) is 45.7 Å². The predicted molar refractivity (Wildman–Crippen MR) is 87.9 cm³/mol. The Hall–Kier alpha value is -1.85. The van der Waals surface area contributed by atoms with Crippen LogP contribution in [0.3, 0.4) is 0 Å². The first-order chi connectivity index (χ1) is 10.6. The third-order valence-electron chi connectivity index (χ3n) is 3.01. The van der Waals surface area contributed by atoms with Crippen LogP contribution >= 0.6 is 27.5 Å². The number of hydrogen-bond donors (Lipinski definition) is 0. The Morgan fingerprint density at radius 2 is 1.91 bits per heavy atom. The smallest absolute Gasteiger partial charge is 0.257 e. The Morgan fingerprint density at radius 3 is 2.64 bits per heavy atom. The number of aromatic nitrogens is 2. The highest BCUT2D eigenvalue weighted by atomic mass is 79.9. The molecule has 6 heteroatoms. The molecule has 112 valence electrons. The minimum Gasteiger partial charge on any atom is -0.479 e. The van der Waals surface area contributed by atoms with Crippen LogP contribution in [-0.2, 0) is 0 Å². The molecule has 0 saturated heterocycles. The van der Waals surface area contributed by atoms with Gasteiger partial charge in [-0.15, -0.1) is 10.2 Å². The summed E-state index contributed by atoms with van der Waals surface area (Å²) in [6.45, 7) is 1.83. The SMILES string of the molecule is CC(Oc1ccc(Br)cc1Cl)c1nnc(-c2ccccc2)o1. The maximum absolute atomic E-state index is 6.14. The summed E-state index contributed by atoms with van der Waals surface area (Å²) in [5.74, 6) is 1.43. The lowest BCUT2D eigenvalue weighted by atomic mass is 10.2. The van der Waals surface area contributed by atoms with Gasteiger partial charge in [-0.2, -0.15) is 0 Å². The summed E-state index contributed by atoms with van der Waals surface area (Å²) < 4.78 is 12.3. The zero-order valence-corrected chi connectivity index (χ0v) is 14.0. The van der Waals surface area contributed by atoms with Gasteiger partial charge in [0.15, 0.2) is 6.10 Å². The lowest BCUT2D eigenvalue weighted by Gasteiger charge is -2.12. The Balaban J connectivity index is 1.78. The largest absolute Gasteiger partial charge is 0.479 e. The van der Waals surface area contributed by atoms with E-state index >= 15 is 0 Å². The van der Waals surface area contributed by atoms with E-state index in [9.17, 15) is 0 Å². The highest BCUT2D eigenvalue weighted by molar-refractivity contribution is 9.10. The third-order valence-corrected chi connectivity index (χ3v) is 3.80. The monoisotopic (exact) mass is 378 g/mol. The first-order valence-electron chi connectivity index (χ1n) is 6.64. The van der Waals surface area contributed by atoms with Crippen molar-refractivity contribution in [1.82, 2.24) is 10.2 Å². The molecular weight excluding hydrogens is 368 g/mol. The van der Waals surface area contributed by atoms with E-state index in [-0.39, 0.29) is 0 Å². The second kappa shape index (κ2) is 6.50. The fourth-order valence-electron chi connectivity index (χ4n) is 1.91. The van der Waals surface area contributed by atoms with E-state index in [4.69, 9.17) is 20.8 Å². The molecule has 1 atom stereocenters. The molecule has 1 unspecified atom stereocenters. The minimum atomic E-state index is -0.399. The van der Waals surface area contributed by atoms with Crippen molar-refractivity contribution in [2.24, 2.45) is 0 Å². The van der Waals surface area contributed by atoms with Crippen LogP contribution in [0.15, 0.2) is 57.4 Å². The summed E-state index contributed by atoms with van der Waals surface area (Å²) in [5.41, 5.74) is 0.870. The van der Waals surface area contributed by atoms with Gasteiger partial charge >= 0.3 is 0 Å². The van der Waals surface area contributed by atoms with Crippen molar-refractivity contribution in [3.63, 3.8) is 0 Å². The molecule has 0 saturated carbocycles. The summed E-state index contributed by atoms with van der Waals surface area (Å²) in [6.07, 6.45) is -0.399. The quantitative estimate of drug-likeness (QED) is 0.618. The van der Waals surface area contributed by atoms with Crippen molar-refractivity contribution in [1.29, 1.82) is 0 Å². The lowest BCUT2D eigenvalue weighted by Crippen LogP contribution is -2.03. The molecule has 3 aromatic rings. The van der Waals surface area contributed by atoms with Crippen molar-refractivity contribution in [2.45, 2.75) is 13.0 Å². The van der Waals surface area contributed by atoms with E-state index in [0.29, 0.717) is 22.6 Å². The number of rotatable bonds is 4. The highest BCUT2D eigenvalue weighted by Crippen LogP contribution is 2.31. The van der Waals surface area contributed by atoms with Gasteiger partial charge in [0.2, 0.25) is 5.89 Å². The Kier molecular flexibility index (Phi) is 4.45. The second-order valence-corrected chi connectivity index (χ2v) is 5.97. The van der Waals surface area contributed by atoms with Gasteiger partial charge in [0, 0.05) is 10.0 Å². The molecule has 0 radical (unpaired) electrons. The van der Waals surface area contributed by atoms with Crippen LogP contribution in [0, 0.1) is 0 Å². The molecule has 22 heavy (non-hydrogen) atoms. The molecular formula is C16H12BrClN2O2. The van der Waals surface area contributed by atoms with Crippen LogP contribution < -0.4 is 4.74 Å². The second-order valence-electron chi connectivity index (χ2n) is 4.65. The fraction of sp³-hybridized carbons (Fsp3) is 0.125. The number of halogens is 2. The van der Waals surface area contributed by atoms with Gasteiger partial charge in [-0.05, 0) is 37.3 Å². The average molecular weight is 380 g/mol. The first kappa shape index (κ1) is 15.1. The summed E-state index contributed by atoms with van der Waals surface area (Å²) >= 11 is 9.50. The van der Waals surface area contributed by atoms with E-state index in [1.165, 1.54) is 0 Å². The van der Waals surface area contributed by atoms with Crippen molar-refractivity contribution in [3.8, 4) is 17.2 Å². The van der Waals surface area contributed by atoms with Crippen molar-refractivity contribution < 1.29 is 9.15 Å². The third kappa shape index (κ3) is 3.31. The minimum absolute atomic E-state index is 0.399. The molecule has 0 bridgehead atoms. The number of hydrogen-bond acceptors (Lipinski definition) is 4. The molecule has 0 N–H and O–H groups in total. The maximum atomic E-state index is 6.14. The van der Waals surface area contributed by atoms with Crippen molar-refractivity contribution in [3.05, 3.63) is 63.9 Å². The average Bonchev–Trinajstić information content (AvgIpc) is 3.01. The zero-order valence-electron chi connectivity index (χ0n) is 11.7. The van der Waals surface area contributed by atoms with Gasteiger partial charge < -0.3 is 9.15 Å². The standard InChI is InChI=1S/C16H12BrClN2O2/c1-10(21-14-8-7-12(17)9-13(14)18)15-19-20-16(22-15)11-5-3-2-4-6-11/h2-10H,1H3. The molecule has 0 amide bonds. The molecule has 4 nitrogen and oxygen atoms in total. The Morgan fingerprint density at radius 1 is 1.14 bits per heavy atom. The number of benzene rings is 2. The summed E-state index contributed by atoms with van der Waals surface area (Å²) in [6, 6.07) is 15.0. The lowest BCUT2D eigenvalue weighted by molar-refractivity contribution is 0.190. The molecule has 0 aliphatic heterocycles. The first-order valence-corrected chi connectivity index (χ1v) is 7.81.